The van der Waals surface area contributed by atoms with Gasteiger partial charge in [-0.3, -0.25) is 4.79 Å². The number of sulfonamides is 1. The Morgan fingerprint density at radius 3 is 2.13 bits per heavy atom. The number of benzene rings is 3. The molecule has 6 nitrogen and oxygen atoms in total. The van der Waals surface area contributed by atoms with E-state index in [-0.39, 0.29) is 17.4 Å². The highest BCUT2D eigenvalue weighted by atomic mass is 32.2. The highest BCUT2D eigenvalue weighted by Crippen LogP contribution is 2.24. The van der Waals surface area contributed by atoms with Crippen molar-refractivity contribution in [1.29, 1.82) is 0 Å². The van der Waals surface area contributed by atoms with Crippen LogP contribution in [0.15, 0.2) is 89.8 Å². The Balaban J connectivity index is 1.84. The number of hydrogen-bond donors (Lipinski definition) is 2. The third-order valence-corrected chi connectivity index (χ3v) is 6.40. The van der Waals surface area contributed by atoms with E-state index in [1.807, 2.05) is 61.5 Å². The molecule has 0 aromatic heterocycles. The molecular formula is C24H26N2O4S. The van der Waals surface area contributed by atoms with Gasteiger partial charge < -0.3 is 10.1 Å². The van der Waals surface area contributed by atoms with E-state index in [4.69, 9.17) is 4.74 Å². The molecule has 7 heteroatoms. The molecule has 2 N–H and O–H groups in total. The molecule has 0 spiro atoms. The molecule has 2 atom stereocenters. The lowest BCUT2D eigenvalue weighted by atomic mass is 10.0. The summed E-state index contributed by atoms with van der Waals surface area (Å²) < 4.78 is 33.7. The van der Waals surface area contributed by atoms with Crippen LogP contribution in [0.5, 0.6) is 5.75 Å². The number of amides is 1. The van der Waals surface area contributed by atoms with Crippen molar-refractivity contribution in [2.45, 2.75) is 30.3 Å². The van der Waals surface area contributed by atoms with Crippen LogP contribution < -0.4 is 14.8 Å². The van der Waals surface area contributed by atoms with Crippen LogP contribution in [0.3, 0.4) is 0 Å². The van der Waals surface area contributed by atoms with Gasteiger partial charge in [-0.2, -0.15) is 4.72 Å². The summed E-state index contributed by atoms with van der Waals surface area (Å²) >= 11 is 0. The average molecular weight is 439 g/mol. The lowest BCUT2D eigenvalue weighted by molar-refractivity contribution is -0.123. The predicted octanol–water partition coefficient (Wildman–Crippen LogP) is 3.46. The van der Waals surface area contributed by atoms with Gasteiger partial charge in [-0.25, -0.2) is 8.42 Å². The van der Waals surface area contributed by atoms with Crippen molar-refractivity contribution in [3.63, 3.8) is 0 Å². The summed E-state index contributed by atoms with van der Waals surface area (Å²) in [4.78, 5) is 13.3. The van der Waals surface area contributed by atoms with Gasteiger partial charge in [0.25, 0.3) is 0 Å². The molecule has 162 valence electrons. The SMILES string of the molecule is COc1ccccc1[C@H](C)NC(=O)[C@@H](Cc1ccccc1)NS(=O)(=O)c1ccccc1. The third-order valence-electron chi connectivity index (χ3n) is 4.91. The first kappa shape index (κ1) is 22.5. The zero-order chi connectivity index (χ0) is 22.3. The van der Waals surface area contributed by atoms with Crippen LogP contribution >= 0.6 is 0 Å². The summed E-state index contributed by atoms with van der Waals surface area (Å²) in [6.45, 7) is 1.83. The second-order valence-electron chi connectivity index (χ2n) is 7.15. The molecule has 3 aromatic rings. The Labute approximate surface area is 183 Å². The maximum atomic E-state index is 13.2. The second-order valence-corrected chi connectivity index (χ2v) is 8.86. The molecule has 0 saturated heterocycles. The van der Waals surface area contributed by atoms with Gasteiger partial charge in [0.2, 0.25) is 15.9 Å². The number of para-hydroxylation sites is 1. The summed E-state index contributed by atoms with van der Waals surface area (Å²) in [6, 6.07) is 23.4. The van der Waals surface area contributed by atoms with Crippen LogP contribution in [-0.4, -0.2) is 27.5 Å². The molecule has 0 heterocycles. The van der Waals surface area contributed by atoms with Crippen LogP contribution in [0.1, 0.15) is 24.1 Å². The average Bonchev–Trinajstić information content (AvgIpc) is 2.79. The maximum Gasteiger partial charge on any atom is 0.241 e. The number of ether oxygens (including phenoxy) is 1. The standard InChI is InChI=1S/C24H26N2O4S/c1-18(21-15-9-10-16-23(21)30-2)25-24(27)22(17-19-11-5-3-6-12-19)26-31(28,29)20-13-7-4-8-14-20/h3-16,18,22,26H,17H2,1-2H3,(H,25,27)/t18-,22+/m0/s1. The highest BCUT2D eigenvalue weighted by molar-refractivity contribution is 7.89. The van der Waals surface area contributed by atoms with E-state index in [0.29, 0.717) is 5.75 Å². The first-order chi connectivity index (χ1) is 14.9. The summed E-state index contributed by atoms with van der Waals surface area (Å²) in [5.74, 6) is 0.238. The predicted molar refractivity (Wildman–Crippen MR) is 120 cm³/mol. The fourth-order valence-electron chi connectivity index (χ4n) is 3.31. The fraction of sp³-hybridized carbons (Fsp3) is 0.208. The molecule has 0 radical (unpaired) electrons. The lowest BCUT2D eigenvalue weighted by Gasteiger charge is -2.23. The van der Waals surface area contributed by atoms with Gasteiger partial charge in [-0.15, -0.1) is 0 Å². The number of carbonyl (C=O) groups excluding carboxylic acids is 1. The summed E-state index contributed by atoms with van der Waals surface area (Å²) in [6.07, 6.45) is 0.220. The van der Waals surface area contributed by atoms with Crippen molar-refractivity contribution < 1.29 is 17.9 Å². The summed E-state index contributed by atoms with van der Waals surface area (Å²) in [7, 11) is -2.30. The van der Waals surface area contributed by atoms with E-state index >= 15 is 0 Å². The smallest absolute Gasteiger partial charge is 0.241 e. The van der Waals surface area contributed by atoms with Crippen molar-refractivity contribution in [3.8, 4) is 5.75 Å². The third kappa shape index (κ3) is 5.93. The van der Waals surface area contributed by atoms with Crippen molar-refractivity contribution in [2.24, 2.45) is 0 Å². The molecule has 31 heavy (non-hydrogen) atoms. The highest BCUT2D eigenvalue weighted by Gasteiger charge is 2.27. The molecule has 0 aliphatic heterocycles. The Bertz CT molecular complexity index is 1100. The minimum absolute atomic E-state index is 0.110. The number of methoxy groups -OCH3 is 1. The molecule has 0 unspecified atom stereocenters. The van der Waals surface area contributed by atoms with E-state index in [2.05, 4.69) is 10.0 Å². The molecule has 0 bridgehead atoms. The number of carbonyl (C=O) groups is 1. The first-order valence-electron chi connectivity index (χ1n) is 9.95. The lowest BCUT2D eigenvalue weighted by Crippen LogP contribution is -2.48. The zero-order valence-electron chi connectivity index (χ0n) is 17.5. The van der Waals surface area contributed by atoms with Crippen LogP contribution in [-0.2, 0) is 21.2 Å². The van der Waals surface area contributed by atoms with Gasteiger partial charge >= 0.3 is 0 Å². The Kier molecular flexibility index (Phi) is 7.44. The molecule has 0 aliphatic carbocycles. The normalized spacial score (nSPS) is 13.2. The Morgan fingerprint density at radius 2 is 1.48 bits per heavy atom. The van der Waals surface area contributed by atoms with Crippen LogP contribution in [0.25, 0.3) is 0 Å². The van der Waals surface area contributed by atoms with Crippen LogP contribution in [0.2, 0.25) is 0 Å². The van der Waals surface area contributed by atoms with Crippen molar-refractivity contribution in [3.05, 3.63) is 96.1 Å². The number of nitrogens with one attached hydrogen (secondary N) is 2. The topological polar surface area (TPSA) is 84.5 Å². The van der Waals surface area contributed by atoms with Gasteiger partial charge in [0.05, 0.1) is 18.0 Å². The quantitative estimate of drug-likeness (QED) is 0.536. The van der Waals surface area contributed by atoms with E-state index in [1.54, 1.807) is 25.3 Å². The largest absolute Gasteiger partial charge is 0.496 e. The molecule has 1 amide bonds. The number of rotatable bonds is 9. The summed E-state index contributed by atoms with van der Waals surface area (Å²) in [5.41, 5.74) is 1.66. The zero-order valence-corrected chi connectivity index (χ0v) is 18.3. The second kappa shape index (κ2) is 10.2. The van der Waals surface area contributed by atoms with Crippen molar-refractivity contribution >= 4 is 15.9 Å². The number of hydrogen-bond acceptors (Lipinski definition) is 4. The van der Waals surface area contributed by atoms with Gasteiger partial charge in [-0.05, 0) is 37.1 Å². The van der Waals surface area contributed by atoms with Gasteiger partial charge in [0.1, 0.15) is 11.8 Å². The van der Waals surface area contributed by atoms with Crippen LogP contribution in [0, 0.1) is 0 Å². The fourth-order valence-corrected chi connectivity index (χ4v) is 4.52. The monoisotopic (exact) mass is 438 g/mol. The van der Waals surface area contributed by atoms with Crippen molar-refractivity contribution in [1.82, 2.24) is 10.0 Å². The molecule has 3 rings (SSSR count). The Morgan fingerprint density at radius 1 is 0.903 bits per heavy atom. The molecule has 0 saturated carbocycles. The Hall–Kier alpha value is -3.16. The molecule has 0 aliphatic rings. The molecular weight excluding hydrogens is 412 g/mol. The van der Waals surface area contributed by atoms with Gasteiger partial charge in [0.15, 0.2) is 0 Å². The first-order valence-corrected chi connectivity index (χ1v) is 11.4. The van der Waals surface area contributed by atoms with Crippen molar-refractivity contribution in [2.75, 3.05) is 7.11 Å². The molecule has 0 fully saturated rings. The van der Waals surface area contributed by atoms with E-state index in [0.717, 1.165) is 11.1 Å². The van der Waals surface area contributed by atoms with Gasteiger partial charge in [0, 0.05) is 5.56 Å². The van der Waals surface area contributed by atoms with Crippen LogP contribution in [0.4, 0.5) is 0 Å². The maximum absolute atomic E-state index is 13.2. The summed E-state index contributed by atoms with van der Waals surface area (Å²) in [5, 5.41) is 2.92. The minimum Gasteiger partial charge on any atom is -0.496 e. The molecule has 3 aromatic carbocycles. The van der Waals surface area contributed by atoms with E-state index in [1.165, 1.54) is 12.1 Å². The van der Waals surface area contributed by atoms with Gasteiger partial charge in [-0.1, -0.05) is 66.7 Å². The van der Waals surface area contributed by atoms with E-state index < -0.39 is 22.0 Å². The van der Waals surface area contributed by atoms with E-state index in [9.17, 15) is 13.2 Å². The minimum atomic E-state index is -3.87.